The summed E-state index contributed by atoms with van der Waals surface area (Å²) in [6, 6.07) is 8.70. The van der Waals surface area contributed by atoms with Gasteiger partial charge in [0.25, 0.3) is 0 Å². The van der Waals surface area contributed by atoms with Crippen LogP contribution in [0, 0.1) is 6.92 Å². The van der Waals surface area contributed by atoms with Crippen LogP contribution >= 0.6 is 24.2 Å². The van der Waals surface area contributed by atoms with Crippen LogP contribution in [0.1, 0.15) is 31.9 Å². The number of hydrogen-bond acceptors (Lipinski definition) is 4. The van der Waals surface area contributed by atoms with Crippen molar-refractivity contribution < 1.29 is 0 Å². The summed E-state index contributed by atoms with van der Waals surface area (Å²) in [6.07, 6.45) is 0. The Morgan fingerprint density at radius 2 is 1.90 bits per heavy atom. The number of amidine groups is 1. The van der Waals surface area contributed by atoms with Gasteiger partial charge in [-0.3, -0.25) is 4.90 Å². The first kappa shape index (κ1) is 17.3. The van der Waals surface area contributed by atoms with Gasteiger partial charge in [-0.1, -0.05) is 41.6 Å². The minimum atomic E-state index is 0. The van der Waals surface area contributed by atoms with Gasteiger partial charge in [-0.25, -0.2) is 4.99 Å². The Morgan fingerprint density at radius 1 is 1.25 bits per heavy atom. The Hall–Kier alpha value is -0.710. The quantitative estimate of drug-likeness (QED) is 0.903. The van der Waals surface area contributed by atoms with Gasteiger partial charge < -0.3 is 5.32 Å². The highest BCUT2D eigenvalue weighted by Gasteiger charge is 2.23. The Morgan fingerprint density at radius 3 is 2.40 bits per heavy atom. The van der Waals surface area contributed by atoms with Crippen molar-refractivity contribution in [2.75, 3.05) is 13.3 Å². The first-order valence-electron chi connectivity index (χ1n) is 6.67. The van der Waals surface area contributed by atoms with Crippen LogP contribution in [-0.2, 0) is 5.75 Å². The number of halogens is 1. The van der Waals surface area contributed by atoms with E-state index >= 15 is 0 Å². The van der Waals surface area contributed by atoms with Crippen molar-refractivity contribution >= 4 is 29.3 Å². The van der Waals surface area contributed by atoms with E-state index in [0.29, 0.717) is 0 Å². The maximum Gasteiger partial charge on any atom is 0.159 e. The third kappa shape index (κ3) is 5.00. The fourth-order valence-electron chi connectivity index (χ4n) is 1.80. The minimum absolute atomic E-state index is 0. The Labute approximate surface area is 132 Å². The van der Waals surface area contributed by atoms with E-state index in [1.807, 2.05) is 0 Å². The lowest BCUT2D eigenvalue weighted by Crippen LogP contribution is -2.50. The molecule has 1 N–H and O–H groups in total. The first-order chi connectivity index (χ1) is 8.95. The van der Waals surface area contributed by atoms with Crippen molar-refractivity contribution in [1.29, 1.82) is 0 Å². The Bertz CT molecular complexity index is 451. The standard InChI is InChI=1S/C15H23N3S.ClH/c1-12-5-7-13(8-6-12)9-19-14-16-10-18(11-17-14)15(2,3)4;/h5-8H,9-11H2,1-4H3,(H,16,17);1H. The molecule has 2 rings (SSSR count). The van der Waals surface area contributed by atoms with Crippen molar-refractivity contribution in [2.24, 2.45) is 4.99 Å². The zero-order valence-corrected chi connectivity index (χ0v) is 14.3. The molecule has 5 heteroatoms. The second-order valence-corrected chi connectivity index (χ2v) is 6.89. The first-order valence-corrected chi connectivity index (χ1v) is 7.65. The summed E-state index contributed by atoms with van der Waals surface area (Å²) in [5.74, 6) is 0.974. The Kier molecular flexibility index (Phi) is 6.37. The van der Waals surface area contributed by atoms with Crippen molar-refractivity contribution in [1.82, 2.24) is 10.2 Å². The van der Waals surface area contributed by atoms with Crippen LogP contribution in [0.4, 0.5) is 0 Å². The van der Waals surface area contributed by atoms with Crippen molar-refractivity contribution in [3.8, 4) is 0 Å². The summed E-state index contributed by atoms with van der Waals surface area (Å²) in [6.45, 7) is 10.4. The summed E-state index contributed by atoms with van der Waals surface area (Å²) in [4.78, 5) is 6.93. The molecule has 0 amide bonds. The zero-order chi connectivity index (χ0) is 13.9. The van der Waals surface area contributed by atoms with Gasteiger partial charge in [-0.2, -0.15) is 0 Å². The van der Waals surface area contributed by atoms with Crippen molar-refractivity contribution in [3.05, 3.63) is 35.4 Å². The second kappa shape index (κ2) is 7.34. The molecule has 0 aromatic heterocycles. The van der Waals surface area contributed by atoms with E-state index in [1.54, 1.807) is 11.8 Å². The minimum Gasteiger partial charge on any atom is -0.352 e. The molecule has 0 aliphatic carbocycles. The normalized spacial score (nSPS) is 16.1. The van der Waals surface area contributed by atoms with E-state index in [4.69, 9.17) is 0 Å². The van der Waals surface area contributed by atoms with Crippen molar-refractivity contribution in [3.63, 3.8) is 0 Å². The van der Waals surface area contributed by atoms with E-state index in [0.717, 1.165) is 24.3 Å². The molecular formula is C15H24ClN3S. The smallest absolute Gasteiger partial charge is 0.159 e. The maximum atomic E-state index is 4.60. The number of nitrogens with one attached hydrogen (secondary N) is 1. The monoisotopic (exact) mass is 313 g/mol. The van der Waals surface area contributed by atoms with Crippen LogP contribution < -0.4 is 5.32 Å². The predicted octanol–water partition coefficient (Wildman–Crippen LogP) is 3.62. The maximum absolute atomic E-state index is 4.60. The molecule has 1 aromatic rings. The molecular weight excluding hydrogens is 290 g/mol. The molecule has 1 aliphatic heterocycles. The van der Waals surface area contributed by atoms with Crippen LogP contribution in [0.3, 0.4) is 0 Å². The molecule has 0 saturated heterocycles. The van der Waals surface area contributed by atoms with Gasteiger partial charge in [-0.05, 0) is 33.3 Å². The number of benzene rings is 1. The molecule has 1 heterocycles. The molecule has 3 nitrogen and oxygen atoms in total. The molecule has 112 valence electrons. The molecule has 0 radical (unpaired) electrons. The highest BCUT2D eigenvalue weighted by molar-refractivity contribution is 8.13. The lowest BCUT2D eigenvalue weighted by molar-refractivity contribution is 0.131. The largest absolute Gasteiger partial charge is 0.352 e. The van der Waals surface area contributed by atoms with E-state index in [2.05, 4.69) is 67.2 Å². The highest BCUT2D eigenvalue weighted by atomic mass is 35.5. The molecule has 0 saturated carbocycles. The van der Waals surface area contributed by atoms with E-state index < -0.39 is 0 Å². The molecule has 0 bridgehead atoms. The van der Waals surface area contributed by atoms with E-state index in [-0.39, 0.29) is 17.9 Å². The van der Waals surface area contributed by atoms with Crippen LogP contribution in [0.25, 0.3) is 0 Å². The lowest BCUT2D eigenvalue weighted by Gasteiger charge is -2.37. The summed E-state index contributed by atoms with van der Waals surface area (Å²) < 4.78 is 0. The van der Waals surface area contributed by atoms with Gasteiger partial charge >= 0.3 is 0 Å². The van der Waals surface area contributed by atoms with Gasteiger partial charge in [0.1, 0.15) is 0 Å². The summed E-state index contributed by atoms with van der Waals surface area (Å²) in [5, 5.41) is 4.45. The number of nitrogens with zero attached hydrogens (tertiary/aromatic N) is 2. The summed E-state index contributed by atoms with van der Waals surface area (Å²) in [5.41, 5.74) is 2.82. The third-order valence-electron chi connectivity index (χ3n) is 3.25. The van der Waals surface area contributed by atoms with Crippen molar-refractivity contribution in [2.45, 2.75) is 39.0 Å². The number of aliphatic imine (C=N–C) groups is 1. The van der Waals surface area contributed by atoms with Gasteiger partial charge in [0.15, 0.2) is 5.17 Å². The molecule has 0 unspecified atom stereocenters. The van der Waals surface area contributed by atoms with Crippen LogP contribution in [-0.4, -0.2) is 28.9 Å². The van der Waals surface area contributed by atoms with E-state index in [9.17, 15) is 0 Å². The third-order valence-corrected chi connectivity index (χ3v) is 4.28. The van der Waals surface area contributed by atoms with Crippen LogP contribution in [0.15, 0.2) is 29.3 Å². The number of aryl methyl sites for hydroxylation is 1. The number of thioether (sulfide) groups is 1. The van der Waals surface area contributed by atoms with Crippen LogP contribution in [0.2, 0.25) is 0 Å². The average Bonchev–Trinajstić information content (AvgIpc) is 2.37. The second-order valence-electron chi connectivity index (χ2n) is 5.92. The fourth-order valence-corrected chi connectivity index (χ4v) is 2.61. The summed E-state index contributed by atoms with van der Waals surface area (Å²) >= 11 is 1.78. The highest BCUT2D eigenvalue weighted by Crippen LogP contribution is 2.18. The summed E-state index contributed by atoms with van der Waals surface area (Å²) in [7, 11) is 0. The topological polar surface area (TPSA) is 27.6 Å². The molecule has 1 aromatic carbocycles. The SMILES string of the molecule is Cc1ccc(CSC2=NCN(C(C)(C)C)CN2)cc1.Cl. The van der Waals surface area contributed by atoms with Gasteiger partial charge in [-0.15, -0.1) is 12.4 Å². The molecule has 1 aliphatic rings. The predicted molar refractivity (Wildman–Crippen MR) is 91.6 cm³/mol. The Balaban J connectivity index is 0.00000200. The van der Waals surface area contributed by atoms with Gasteiger partial charge in [0.05, 0.1) is 13.3 Å². The number of rotatable bonds is 2. The average molecular weight is 314 g/mol. The molecule has 0 fully saturated rings. The van der Waals surface area contributed by atoms with Crippen LogP contribution in [0.5, 0.6) is 0 Å². The zero-order valence-electron chi connectivity index (χ0n) is 12.6. The molecule has 0 spiro atoms. The lowest BCUT2D eigenvalue weighted by atomic mass is 10.1. The fraction of sp³-hybridized carbons (Fsp3) is 0.533. The van der Waals surface area contributed by atoms with E-state index in [1.165, 1.54) is 11.1 Å². The number of hydrogen-bond donors (Lipinski definition) is 1. The van der Waals surface area contributed by atoms with Gasteiger partial charge in [0.2, 0.25) is 0 Å². The molecule has 20 heavy (non-hydrogen) atoms. The van der Waals surface area contributed by atoms with Gasteiger partial charge in [0, 0.05) is 11.3 Å². The molecule has 0 atom stereocenters.